The third-order valence-corrected chi connectivity index (χ3v) is 4.47. The van der Waals surface area contributed by atoms with Crippen LogP contribution < -0.4 is 5.73 Å². The van der Waals surface area contributed by atoms with Gasteiger partial charge < -0.3 is 10.6 Å². The predicted octanol–water partition coefficient (Wildman–Crippen LogP) is 3.06. The van der Waals surface area contributed by atoms with Gasteiger partial charge in [0.15, 0.2) is 0 Å². The number of rotatable bonds is 5. The molecule has 0 bridgehead atoms. The first-order valence-corrected chi connectivity index (χ1v) is 7.77. The van der Waals surface area contributed by atoms with Crippen LogP contribution in [0.2, 0.25) is 0 Å². The molecule has 3 nitrogen and oxygen atoms in total. The second-order valence-corrected chi connectivity index (χ2v) is 6.24. The van der Waals surface area contributed by atoms with Crippen LogP contribution in [0.4, 0.5) is 5.69 Å². The van der Waals surface area contributed by atoms with Crippen molar-refractivity contribution in [2.24, 2.45) is 0 Å². The van der Waals surface area contributed by atoms with E-state index in [1.807, 2.05) is 35.2 Å². The van der Waals surface area contributed by atoms with Crippen molar-refractivity contribution in [3.05, 3.63) is 52.2 Å². The van der Waals surface area contributed by atoms with E-state index in [0.717, 1.165) is 24.9 Å². The number of benzene rings is 1. The molecule has 0 aliphatic heterocycles. The standard InChI is InChI=1S/C16H18N2OS/c17-15-6-2-1-4-12(15)10-16(19)18(13-7-8-13)11-14-5-3-9-20-14/h1-6,9,13H,7-8,10-11,17H2. The fourth-order valence-corrected chi connectivity index (χ4v) is 3.04. The van der Waals surface area contributed by atoms with Crippen LogP contribution in [-0.2, 0) is 17.8 Å². The van der Waals surface area contributed by atoms with Gasteiger partial charge in [-0.1, -0.05) is 24.3 Å². The molecule has 0 atom stereocenters. The Morgan fingerprint density at radius 2 is 2.05 bits per heavy atom. The van der Waals surface area contributed by atoms with Gasteiger partial charge in [-0.25, -0.2) is 0 Å². The summed E-state index contributed by atoms with van der Waals surface area (Å²) in [7, 11) is 0. The number of nitrogen functional groups attached to an aromatic ring is 1. The zero-order chi connectivity index (χ0) is 13.9. The minimum atomic E-state index is 0.179. The van der Waals surface area contributed by atoms with Crippen molar-refractivity contribution in [2.45, 2.75) is 31.8 Å². The van der Waals surface area contributed by atoms with Crippen LogP contribution in [0.15, 0.2) is 41.8 Å². The topological polar surface area (TPSA) is 46.3 Å². The lowest BCUT2D eigenvalue weighted by molar-refractivity contribution is -0.131. The largest absolute Gasteiger partial charge is 0.398 e. The first kappa shape index (κ1) is 13.2. The van der Waals surface area contributed by atoms with Crippen molar-refractivity contribution in [2.75, 3.05) is 5.73 Å². The fraction of sp³-hybridized carbons (Fsp3) is 0.312. The van der Waals surface area contributed by atoms with Crippen LogP contribution in [0, 0.1) is 0 Å². The monoisotopic (exact) mass is 286 g/mol. The summed E-state index contributed by atoms with van der Waals surface area (Å²) in [5.41, 5.74) is 7.55. The summed E-state index contributed by atoms with van der Waals surface area (Å²) < 4.78 is 0. The van der Waals surface area contributed by atoms with Crippen LogP contribution in [0.25, 0.3) is 0 Å². The van der Waals surface area contributed by atoms with Crippen LogP contribution in [0.5, 0.6) is 0 Å². The highest BCUT2D eigenvalue weighted by molar-refractivity contribution is 7.09. The molecule has 1 aromatic carbocycles. The van der Waals surface area contributed by atoms with E-state index in [1.54, 1.807) is 11.3 Å². The van der Waals surface area contributed by atoms with Crippen LogP contribution >= 0.6 is 11.3 Å². The molecule has 0 unspecified atom stereocenters. The number of carbonyl (C=O) groups excluding carboxylic acids is 1. The molecule has 1 aromatic heterocycles. The lowest BCUT2D eigenvalue weighted by Crippen LogP contribution is -2.33. The van der Waals surface area contributed by atoms with Crippen LogP contribution in [0.1, 0.15) is 23.3 Å². The number of amides is 1. The first-order valence-electron chi connectivity index (χ1n) is 6.89. The van der Waals surface area contributed by atoms with Gasteiger partial charge in [0.1, 0.15) is 0 Å². The summed E-state index contributed by atoms with van der Waals surface area (Å²) in [6.45, 7) is 0.730. The normalized spacial score (nSPS) is 14.2. The lowest BCUT2D eigenvalue weighted by atomic mass is 10.1. The van der Waals surface area contributed by atoms with Gasteiger partial charge in [0.05, 0.1) is 13.0 Å². The maximum absolute atomic E-state index is 12.5. The molecule has 0 radical (unpaired) electrons. The molecular formula is C16H18N2OS. The summed E-state index contributed by atoms with van der Waals surface area (Å²) in [6.07, 6.45) is 2.65. The summed E-state index contributed by atoms with van der Waals surface area (Å²) in [4.78, 5) is 15.8. The molecule has 20 heavy (non-hydrogen) atoms. The molecule has 1 heterocycles. The van der Waals surface area contributed by atoms with Gasteiger partial charge in [0.2, 0.25) is 5.91 Å². The zero-order valence-corrected chi connectivity index (χ0v) is 12.1. The molecule has 1 fully saturated rings. The quantitative estimate of drug-likeness (QED) is 0.859. The Kier molecular flexibility index (Phi) is 3.74. The second kappa shape index (κ2) is 5.67. The minimum absolute atomic E-state index is 0.179. The van der Waals surface area contributed by atoms with Crippen molar-refractivity contribution in [3.8, 4) is 0 Å². The number of para-hydroxylation sites is 1. The minimum Gasteiger partial charge on any atom is -0.398 e. The maximum atomic E-state index is 12.5. The van der Waals surface area contributed by atoms with Gasteiger partial charge >= 0.3 is 0 Å². The number of nitrogens with zero attached hydrogens (tertiary/aromatic N) is 1. The third-order valence-electron chi connectivity index (χ3n) is 3.61. The second-order valence-electron chi connectivity index (χ2n) is 5.21. The molecule has 2 N–H and O–H groups in total. The van der Waals surface area contributed by atoms with Gasteiger partial charge in [-0.3, -0.25) is 4.79 Å². The van der Waals surface area contributed by atoms with E-state index in [4.69, 9.17) is 5.73 Å². The molecule has 0 saturated heterocycles. The summed E-state index contributed by atoms with van der Waals surface area (Å²) >= 11 is 1.70. The van der Waals surface area contributed by atoms with Gasteiger partial charge in [-0.05, 0) is 35.9 Å². The smallest absolute Gasteiger partial charge is 0.227 e. The fourth-order valence-electron chi connectivity index (χ4n) is 2.34. The molecule has 1 amide bonds. The molecule has 3 rings (SSSR count). The van der Waals surface area contributed by atoms with Crippen molar-refractivity contribution in [1.82, 2.24) is 4.90 Å². The van der Waals surface area contributed by atoms with Gasteiger partial charge in [-0.15, -0.1) is 11.3 Å². The predicted molar refractivity (Wildman–Crippen MR) is 82.4 cm³/mol. The molecule has 0 spiro atoms. The summed E-state index contributed by atoms with van der Waals surface area (Å²) in [6, 6.07) is 12.2. The Morgan fingerprint density at radius 1 is 1.25 bits per heavy atom. The highest BCUT2D eigenvalue weighted by Crippen LogP contribution is 2.30. The van der Waals surface area contributed by atoms with Crippen LogP contribution in [-0.4, -0.2) is 16.8 Å². The van der Waals surface area contributed by atoms with Crippen molar-refractivity contribution < 1.29 is 4.79 Å². The van der Waals surface area contributed by atoms with Crippen molar-refractivity contribution >= 4 is 22.9 Å². The average Bonchev–Trinajstić information content (AvgIpc) is 3.15. The number of hydrogen-bond acceptors (Lipinski definition) is 3. The van der Waals surface area contributed by atoms with E-state index >= 15 is 0 Å². The number of anilines is 1. The summed E-state index contributed by atoms with van der Waals surface area (Å²) in [5.74, 6) is 0.179. The Labute approximate surface area is 123 Å². The molecule has 1 aliphatic carbocycles. The van der Waals surface area contributed by atoms with E-state index in [0.29, 0.717) is 18.2 Å². The van der Waals surface area contributed by atoms with E-state index in [1.165, 1.54) is 4.88 Å². The van der Waals surface area contributed by atoms with Crippen molar-refractivity contribution in [1.29, 1.82) is 0 Å². The summed E-state index contributed by atoms with van der Waals surface area (Å²) in [5, 5.41) is 2.06. The lowest BCUT2D eigenvalue weighted by Gasteiger charge is -2.22. The number of carbonyl (C=O) groups is 1. The number of thiophene rings is 1. The highest BCUT2D eigenvalue weighted by atomic mass is 32.1. The Balaban J connectivity index is 1.71. The van der Waals surface area contributed by atoms with E-state index in [2.05, 4.69) is 11.4 Å². The highest BCUT2D eigenvalue weighted by Gasteiger charge is 2.32. The maximum Gasteiger partial charge on any atom is 0.227 e. The van der Waals surface area contributed by atoms with E-state index < -0.39 is 0 Å². The Hall–Kier alpha value is -1.81. The SMILES string of the molecule is Nc1ccccc1CC(=O)N(Cc1cccs1)C1CC1. The van der Waals surface area contributed by atoms with Gasteiger partial charge in [0, 0.05) is 16.6 Å². The Bertz CT molecular complexity index is 590. The molecule has 4 heteroatoms. The average molecular weight is 286 g/mol. The Morgan fingerprint density at radius 3 is 2.70 bits per heavy atom. The molecule has 2 aromatic rings. The van der Waals surface area contributed by atoms with Gasteiger partial charge in [-0.2, -0.15) is 0 Å². The van der Waals surface area contributed by atoms with Crippen molar-refractivity contribution in [3.63, 3.8) is 0 Å². The molecular weight excluding hydrogens is 268 g/mol. The zero-order valence-electron chi connectivity index (χ0n) is 11.3. The van der Waals surface area contributed by atoms with E-state index in [9.17, 15) is 4.79 Å². The number of hydrogen-bond donors (Lipinski definition) is 1. The van der Waals surface area contributed by atoms with Gasteiger partial charge in [0.25, 0.3) is 0 Å². The molecule has 104 valence electrons. The van der Waals surface area contributed by atoms with E-state index in [-0.39, 0.29) is 5.91 Å². The third kappa shape index (κ3) is 3.02. The van der Waals surface area contributed by atoms with Crippen LogP contribution in [0.3, 0.4) is 0 Å². The molecule has 1 aliphatic rings. The number of nitrogens with two attached hydrogens (primary N) is 1. The molecule has 1 saturated carbocycles. The first-order chi connectivity index (χ1) is 9.74.